The first-order valence-corrected chi connectivity index (χ1v) is 16.1. The zero-order chi connectivity index (χ0) is 28.4. The molecule has 7 heteroatoms. The molecule has 0 aliphatic heterocycles. The van der Waals surface area contributed by atoms with Gasteiger partial charge in [0.25, 0.3) is 0 Å². The van der Waals surface area contributed by atoms with E-state index in [0.717, 1.165) is 29.8 Å². The maximum absolute atomic E-state index is 13.1. The molecule has 0 unspecified atom stereocenters. The number of para-hydroxylation sites is 2. The fourth-order valence-electron chi connectivity index (χ4n) is 5.01. The Morgan fingerprint density at radius 3 is 2.12 bits per heavy atom. The van der Waals surface area contributed by atoms with E-state index < -0.39 is 0 Å². The van der Waals surface area contributed by atoms with E-state index in [1.807, 2.05) is 36.4 Å². The van der Waals surface area contributed by atoms with E-state index in [2.05, 4.69) is 41.4 Å². The number of benzene rings is 2. The van der Waals surface area contributed by atoms with Crippen LogP contribution in [0.4, 0.5) is 5.69 Å². The Bertz CT molecular complexity index is 1150. The smallest absolute Gasteiger partial charge is 0.234 e. The average Bonchev–Trinajstić information content (AvgIpc) is 3.36. The van der Waals surface area contributed by atoms with Crippen LogP contribution < -0.4 is 36.3 Å². The molecule has 5 nitrogen and oxygen atoms in total. The maximum atomic E-state index is 13.1. The van der Waals surface area contributed by atoms with Gasteiger partial charge < -0.3 is 31.8 Å². The van der Waals surface area contributed by atoms with Gasteiger partial charge in [0.1, 0.15) is 0 Å². The number of halogens is 1. The van der Waals surface area contributed by atoms with Gasteiger partial charge in [-0.25, -0.2) is 0 Å². The monoisotopic (exact) mass is 644 g/mol. The highest BCUT2D eigenvalue weighted by Gasteiger charge is 2.17. The number of nitrogens with one attached hydrogen (secondary N) is 1. The van der Waals surface area contributed by atoms with Crippen molar-refractivity contribution in [2.45, 2.75) is 104 Å². The van der Waals surface area contributed by atoms with E-state index in [1.165, 1.54) is 75.6 Å². The van der Waals surface area contributed by atoms with Crippen molar-refractivity contribution in [3.05, 3.63) is 70.2 Å². The van der Waals surface area contributed by atoms with Crippen molar-refractivity contribution in [2.24, 2.45) is 0 Å². The van der Waals surface area contributed by atoms with Gasteiger partial charge in [0.05, 0.1) is 31.2 Å². The van der Waals surface area contributed by atoms with Gasteiger partial charge in [-0.15, -0.1) is 0 Å². The second-order valence-corrected chi connectivity index (χ2v) is 11.7. The average molecular weight is 646 g/mol. The highest BCUT2D eigenvalue weighted by Crippen LogP contribution is 2.32. The van der Waals surface area contributed by atoms with Crippen LogP contribution in [0.3, 0.4) is 0 Å². The van der Waals surface area contributed by atoms with Gasteiger partial charge in [-0.3, -0.25) is 4.79 Å². The van der Waals surface area contributed by atoms with Crippen molar-refractivity contribution in [1.82, 2.24) is 0 Å². The number of hydrogen-bond donors (Lipinski definition) is 1. The number of amides is 1. The molecule has 0 aliphatic rings. The van der Waals surface area contributed by atoms with E-state index in [0.29, 0.717) is 18.1 Å². The first-order valence-electron chi connectivity index (χ1n) is 15.2. The number of rotatable bonds is 20. The van der Waals surface area contributed by atoms with E-state index in [9.17, 15) is 4.79 Å². The molecular formula is C34H49BrN2O3S. The summed E-state index contributed by atoms with van der Waals surface area (Å²) in [6, 6.07) is 13.8. The summed E-state index contributed by atoms with van der Waals surface area (Å²) in [6.45, 7) is 5.73. The van der Waals surface area contributed by atoms with E-state index in [-0.39, 0.29) is 29.3 Å². The molecule has 2 aromatic carbocycles. The second-order valence-electron chi connectivity index (χ2n) is 10.6. The molecule has 0 saturated heterocycles. The lowest BCUT2D eigenvalue weighted by atomic mass is 10.1. The summed E-state index contributed by atoms with van der Waals surface area (Å²) in [7, 11) is 1.65. The van der Waals surface area contributed by atoms with Crippen LogP contribution in [0.25, 0.3) is 0 Å². The third kappa shape index (κ3) is 12.6. The molecule has 0 radical (unpaired) electrons. The van der Waals surface area contributed by atoms with Crippen LogP contribution in [0.5, 0.6) is 11.5 Å². The number of unbranched alkanes of at least 4 members (excludes halogenated alkanes) is 11. The Balaban J connectivity index is 0.00000588. The summed E-state index contributed by atoms with van der Waals surface area (Å²) in [5.41, 5.74) is 2.76. The molecule has 3 rings (SSSR count). The molecule has 0 saturated carbocycles. The van der Waals surface area contributed by atoms with Gasteiger partial charge in [0, 0.05) is 18.1 Å². The summed E-state index contributed by atoms with van der Waals surface area (Å²) >= 11 is 1.72. The Kier molecular flexibility index (Phi) is 17.4. The van der Waals surface area contributed by atoms with Crippen molar-refractivity contribution in [3.63, 3.8) is 0 Å². The number of anilines is 1. The number of aromatic nitrogens is 1. The van der Waals surface area contributed by atoms with Gasteiger partial charge in [-0.1, -0.05) is 119 Å². The molecular weight excluding hydrogens is 596 g/mol. The van der Waals surface area contributed by atoms with Crippen LogP contribution in [0.2, 0.25) is 0 Å². The number of methoxy groups -OCH3 is 1. The molecule has 0 bridgehead atoms. The number of ether oxygens (including phenoxy) is 2. The Hall–Kier alpha value is -2.38. The van der Waals surface area contributed by atoms with Gasteiger partial charge in [-0.2, -0.15) is 4.57 Å². The summed E-state index contributed by atoms with van der Waals surface area (Å²) < 4.78 is 14.0. The fourth-order valence-corrected chi connectivity index (χ4v) is 5.68. The molecule has 1 amide bonds. The predicted molar refractivity (Wildman–Crippen MR) is 167 cm³/mol. The van der Waals surface area contributed by atoms with Gasteiger partial charge in [-0.05, 0) is 18.6 Å². The number of carbonyl (C=O) groups is 1. The quantitative estimate of drug-likeness (QED) is 0.127. The molecule has 0 spiro atoms. The van der Waals surface area contributed by atoms with Crippen molar-refractivity contribution in [2.75, 3.05) is 19.0 Å². The third-order valence-corrected chi connectivity index (χ3v) is 8.23. The van der Waals surface area contributed by atoms with Gasteiger partial charge in [0.15, 0.2) is 24.2 Å². The van der Waals surface area contributed by atoms with Gasteiger partial charge >= 0.3 is 0 Å². The lowest BCUT2D eigenvalue weighted by molar-refractivity contribution is -0.689. The third-order valence-electron chi connectivity index (χ3n) is 7.39. The van der Waals surface area contributed by atoms with Crippen molar-refractivity contribution >= 4 is 22.9 Å². The number of hydrogen-bond acceptors (Lipinski definition) is 4. The molecule has 1 aromatic heterocycles. The van der Waals surface area contributed by atoms with Crippen LogP contribution in [-0.4, -0.2) is 19.6 Å². The summed E-state index contributed by atoms with van der Waals surface area (Å²) in [4.78, 5) is 13.1. The van der Waals surface area contributed by atoms with Crippen LogP contribution in [0.15, 0.2) is 54.0 Å². The molecule has 41 heavy (non-hydrogen) atoms. The standard InChI is InChI=1S/C34H48N2O3S.BrH/c1-4-5-6-7-8-9-10-11-12-13-14-17-24-39-34-29(20-18-22-32(34)38-3)26-33(37)35-31-21-16-15-19-30(31)27-36-23-25-40-28(36)2;/h15-16,18-23,25H,4-14,17,24,26-27H2,1-3H3;1H. The minimum absolute atomic E-state index is 0. The van der Waals surface area contributed by atoms with Crippen molar-refractivity contribution in [1.29, 1.82) is 0 Å². The molecule has 0 atom stereocenters. The Labute approximate surface area is 262 Å². The first-order chi connectivity index (χ1) is 19.6. The van der Waals surface area contributed by atoms with E-state index in [1.54, 1.807) is 18.4 Å². The first kappa shape index (κ1) is 34.8. The lowest BCUT2D eigenvalue weighted by Gasteiger charge is -2.15. The van der Waals surface area contributed by atoms with Crippen LogP contribution >= 0.6 is 11.3 Å². The van der Waals surface area contributed by atoms with Crippen LogP contribution in [0.1, 0.15) is 100 Å². The van der Waals surface area contributed by atoms with Gasteiger partial charge in [0.2, 0.25) is 10.9 Å². The van der Waals surface area contributed by atoms with Crippen molar-refractivity contribution in [3.8, 4) is 11.5 Å². The summed E-state index contributed by atoms with van der Waals surface area (Å²) in [5, 5.41) is 6.44. The summed E-state index contributed by atoms with van der Waals surface area (Å²) in [5.74, 6) is 1.29. The highest BCUT2D eigenvalue weighted by atomic mass is 79.9. The predicted octanol–water partition coefficient (Wildman–Crippen LogP) is 5.67. The fraction of sp³-hybridized carbons (Fsp3) is 0.529. The highest BCUT2D eigenvalue weighted by molar-refractivity contribution is 7.09. The zero-order valence-electron chi connectivity index (χ0n) is 25.3. The Morgan fingerprint density at radius 2 is 1.49 bits per heavy atom. The molecule has 226 valence electrons. The number of aryl methyl sites for hydroxylation is 1. The molecule has 3 aromatic rings. The molecule has 1 N–H and O–H groups in total. The van der Waals surface area contributed by atoms with Crippen LogP contribution in [0, 0.1) is 6.92 Å². The minimum atomic E-state index is -0.0667. The number of carbonyl (C=O) groups excluding carboxylic acids is 1. The minimum Gasteiger partial charge on any atom is -1.00 e. The SMILES string of the molecule is CCCCCCCCCCCCCCOc1c(CC(=O)Nc2ccccc2C[n+]2ccsc2C)cccc1OC.[Br-]. The zero-order valence-corrected chi connectivity index (χ0v) is 27.7. The largest absolute Gasteiger partial charge is 1.00 e. The van der Waals surface area contributed by atoms with Crippen LogP contribution in [-0.2, 0) is 17.8 Å². The maximum Gasteiger partial charge on any atom is 0.234 e. The number of nitrogens with zero attached hydrogens (tertiary/aromatic N) is 1. The normalized spacial score (nSPS) is 10.7. The lowest BCUT2D eigenvalue weighted by Crippen LogP contribution is -3.00. The molecule has 0 fully saturated rings. The second kappa shape index (κ2) is 20.5. The molecule has 0 aliphatic carbocycles. The Morgan fingerprint density at radius 1 is 0.854 bits per heavy atom. The van der Waals surface area contributed by atoms with Crippen molar-refractivity contribution < 1.29 is 35.8 Å². The number of thiazole rings is 1. The van der Waals surface area contributed by atoms with E-state index in [4.69, 9.17) is 9.47 Å². The molecule has 1 heterocycles. The van der Waals surface area contributed by atoms with E-state index >= 15 is 0 Å². The topological polar surface area (TPSA) is 51.4 Å². The summed E-state index contributed by atoms with van der Waals surface area (Å²) in [6.07, 6.45) is 18.0.